The Balaban J connectivity index is 1.88. The van der Waals surface area contributed by atoms with Gasteiger partial charge in [0.05, 0.1) is 6.21 Å². The van der Waals surface area contributed by atoms with Gasteiger partial charge in [-0.2, -0.15) is 5.10 Å². The van der Waals surface area contributed by atoms with Crippen LogP contribution in [0, 0.1) is 0 Å². The number of rotatable bonds is 7. The molecule has 0 radical (unpaired) electrons. The van der Waals surface area contributed by atoms with E-state index in [-0.39, 0.29) is 19.0 Å². The highest BCUT2D eigenvalue weighted by molar-refractivity contribution is 6.30. The molecule has 0 aromatic heterocycles. The van der Waals surface area contributed by atoms with Crippen LogP contribution in [0.5, 0.6) is 11.5 Å². The average molecular weight is 361 g/mol. The summed E-state index contributed by atoms with van der Waals surface area (Å²) in [4.78, 5) is 23.1. The first-order valence-corrected chi connectivity index (χ1v) is 7.96. The molecule has 0 fully saturated rings. The molecule has 7 heteroatoms. The van der Waals surface area contributed by atoms with Gasteiger partial charge in [-0.1, -0.05) is 36.7 Å². The molecule has 0 unspecified atom stereocenters. The van der Waals surface area contributed by atoms with Crippen molar-refractivity contribution in [2.45, 2.75) is 13.3 Å². The summed E-state index contributed by atoms with van der Waals surface area (Å²) in [5.74, 6) is 0.0880. The summed E-state index contributed by atoms with van der Waals surface area (Å²) in [6.45, 7) is 1.50. The van der Waals surface area contributed by atoms with Crippen molar-refractivity contribution < 1.29 is 19.1 Å². The fourth-order valence-electron chi connectivity index (χ4n) is 1.79. The number of carbonyl (C=O) groups is 2. The Morgan fingerprint density at radius 1 is 1.20 bits per heavy atom. The maximum Gasteiger partial charge on any atom is 0.310 e. The SMILES string of the molecule is CCC(=O)Oc1ccccc1C=NNC(=O)COc1cccc(Cl)c1. The molecule has 0 saturated carbocycles. The lowest BCUT2D eigenvalue weighted by Crippen LogP contribution is -2.24. The van der Waals surface area contributed by atoms with Crippen molar-refractivity contribution >= 4 is 29.7 Å². The number of ether oxygens (including phenoxy) is 2. The molecule has 0 heterocycles. The van der Waals surface area contributed by atoms with E-state index in [1.54, 1.807) is 55.5 Å². The van der Waals surface area contributed by atoms with Crippen LogP contribution < -0.4 is 14.9 Å². The lowest BCUT2D eigenvalue weighted by molar-refractivity contribution is -0.134. The van der Waals surface area contributed by atoms with E-state index >= 15 is 0 Å². The third kappa shape index (κ3) is 6.27. The lowest BCUT2D eigenvalue weighted by Gasteiger charge is -2.06. The third-order valence-electron chi connectivity index (χ3n) is 2.99. The molecule has 1 amide bonds. The van der Waals surface area contributed by atoms with Crippen LogP contribution in [-0.4, -0.2) is 24.7 Å². The van der Waals surface area contributed by atoms with Crippen LogP contribution in [0.3, 0.4) is 0 Å². The van der Waals surface area contributed by atoms with Crippen molar-refractivity contribution in [1.29, 1.82) is 0 Å². The Morgan fingerprint density at radius 2 is 2.00 bits per heavy atom. The third-order valence-corrected chi connectivity index (χ3v) is 3.23. The molecule has 25 heavy (non-hydrogen) atoms. The summed E-state index contributed by atoms with van der Waals surface area (Å²) < 4.78 is 10.5. The highest BCUT2D eigenvalue weighted by Crippen LogP contribution is 2.17. The van der Waals surface area contributed by atoms with E-state index < -0.39 is 5.91 Å². The van der Waals surface area contributed by atoms with Gasteiger partial charge in [0.15, 0.2) is 6.61 Å². The summed E-state index contributed by atoms with van der Waals surface area (Å²) in [6.07, 6.45) is 1.67. The number of para-hydroxylation sites is 1. The molecule has 6 nitrogen and oxygen atoms in total. The zero-order chi connectivity index (χ0) is 18.1. The van der Waals surface area contributed by atoms with Gasteiger partial charge in [-0.3, -0.25) is 9.59 Å². The van der Waals surface area contributed by atoms with E-state index in [2.05, 4.69) is 10.5 Å². The molecule has 0 aliphatic carbocycles. The quantitative estimate of drug-likeness (QED) is 0.356. The number of amides is 1. The molecule has 130 valence electrons. The van der Waals surface area contributed by atoms with Crippen LogP contribution >= 0.6 is 11.6 Å². The fourth-order valence-corrected chi connectivity index (χ4v) is 1.97. The number of nitrogens with one attached hydrogen (secondary N) is 1. The van der Waals surface area contributed by atoms with Gasteiger partial charge < -0.3 is 9.47 Å². The number of hydrogen-bond donors (Lipinski definition) is 1. The van der Waals surface area contributed by atoms with E-state index in [1.165, 1.54) is 6.21 Å². The summed E-state index contributed by atoms with van der Waals surface area (Å²) in [5, 5.41) is 4.37. The standard InChI is InChI=1S/C18H17ClN2O4/c1-2-18(23)25-16-9-4-3-6-13(16)11-20-21-17(22)12-24-15-8-5-7-14(19)10-15/h3-11H,2,12H2,1H3,(H,21,22). The Bertz CT molecular complexity index is 777. The first-order valence-electron chi connectivity index (χ1n) is 7.58. The maximum absolute atomic E-state index is 11.7. The Kier molecular flexibility index (Phi) is 6.98. The molecular weight excluding hydrogens is 344 g/mol. The minimum absolute atomic E-state index is 0.204. The van der Waals surface area contributed by atoms with Crippen LogP contribution in [-0.2, 0) is 9.59 Å². The van der Waals surface area contributed by atoms with E-state index in [0.29, 0.717) is 22.1 Å². The second-order valence-electron chi connectivity index (χ2n) is 4.90. The van der Waals surface area contributed by atoms with Crippen LogP contribution in [0.15, 0.2) is 53.6 Å². The number of hydrazone groups is 1. The van der Waals surface area contributed by atoms with E-state index in [4.69, 9.17) is 21.1 Å². The van der Waals surface area contributed by atoms with Gasteiger partial charge >= 0.3 is 5.97 Å². The number of nitrogens with zero attached hydrogens (tertiary/aromatic N) is 1. The second-order valence-corrected chi connectivity index (χ2v) is 5.34. The highest BCUT2D eigenvalue weighted by atomic mass is 35.5. The first kappa shape index (κ1) is 18.5. The molecular formula is C18H17ClN2O4. The van der Waals surface area contributed by atoms with Crippen molar-refractivity contribution in [1.82, 2.24) is 5.43 Å². The Hall–Kier alpha value is -2.86. The van der Waals surface area contributed by atoms with Gasteiger partial charge in [0.1, 0.15) is 11.5 Å². The topological polar surface area (TPSA) is 77.0 Å². The number of halogens is 1. The van der Waals surface area contributed by atoms with Gasteiger partial charge in [0.25, 0.3) is 5.91 Å². The molecule has 0 bridgehead atoms. The van der Waals surface area contributed by atoms with Gasteiger partial charge in [0.2, 0.25) is 0 Å². The van der Waals surface area contributed by atoms with Crippen LogP contribution in [0.2, 0.25) is 5.02 Å². The molecule has 0 aliphatic rings. The van der Waals surface area contributed by atoms with E-state index in [0.717, 1.165) is 0 Å². The van der Waals surface area contributed by atoms with Gasteiger partial charge in [-0.25, -0.2) is 5.43 Å². The van der Waals surface area contributed by atoms with Crippen molar-refractivity contribution in [3.63, 3.8) is 0 Å². The largest absolute Gasteiger partial charge is 0.484 e. The molecule has 1 N–H and O–H groups in total. The summed E-state index contributed by atoms with van der Waals surface area (Å²) in [7, 11) is 0. The minimum Gasteiger partial charge on any atom is -0.484 e. The predicted molar refractivity (Wildman–Crippen MR) is 95.1 cm³/mol. The lowest BCUT2D eigenvalue weighted by atomic mass is 10.2. The van der Waals surface area contributed by atoms with Crippen molar-refractivity contribution in [2.24, 2.45) is 5.10 Å². The van der Waals surface area contributed by atoms with Gasteiger partial charge in [0, 0.05) is 17.0 Å². The van der Waals surface area contributed by atoms with Crippen molar-refractivity contribution in [3.05, 3.63) is 59.1 Å². The Labute approximate surface area is 150 Å². The predicted octanol–water partition coefficient (Wildman–Crippen LogP) is 3.18. The second kappa shape index (κ2) is 9.44. The fraction of sp³-hybridized carbons (Fsp3) is 0.167. The highest BCUT2D eigenvalue weighted by Gasteiger charge is 2.06. The van der Waals surface area contributed by atoms with Gasteiger partial charge in [-0.15, -0.1) is 0 Å². The van der Waals surface area contributed by atoms with Crippen LogP contribution in [0.25, 0.3) is 0 Å². The summed E-state index contributed by atoms with van der Waals surface area (Å²) >= 11 is 5.83. The number of hydrogen-bond acceptors (Lipinski definition) is 5. The van der Waals surface area contributed by atoms with Crippen LogP contribution in [0.4, 0.5) is 0 Å². The van der Waals surface area contributed by atoms with E-state index in [9.17, 15) is 9.59 Å². The molecule has 2 aromatic carbocycles. The smallest absolute Gasteiger partial charge is 0.310 e. The number of benzene rings is 2. The minimum atomic E-state index is -0.431. The molecule has 2 aromatic rings. The van der Waals surface area contributed by atoms with Crippen molar-refractivity contribution in [2.75, 3.05) is 6.61 Å². The van der Waals surface area contributed by atoms with Crippen LogP contribution in [0.1, 0.15) is 18.9 Å². The average Bonchev–Trinajstić information content (AvgIpc) is 2.61. The maximum atomic E-state index is 11.7. The zero-order valence-corrected chi connectivity index (χ0v) is 14.3. The Morgan fingerprint density at radius 3 is 2.76 bits per heavy atom. The number of carbonyl (C=O) groups excluding carboxylic acids is 2. The molecule has 2 rings (SSSR count). The van der Waals surface area contributed by atoms with Gasteiger partial charge in [-0.05, 0) is 30.3 Å². The van der Waals surface area contributed by atoms with Crippen molar-refractivity contribution in [3.8, 4) is 11.5 Å². The first-order chi connectivity index (χ1) is 12.1. The van der Waals surface area contributed by atoms with E-state index in [1.807, 2.05) is 0 Å². The molecule has 0 saturated heterocycles. The summed E-state index contributed by atoms with van der Waals surface area (Å²) in [6, 6.07) is 13.6. The molecule has 0 atom stereocenters. The monoisotopic (exact) mass is 360 g/mol. The number of esters is 1. The zero-order valence-electron chi connectivity index (χ0n) is 13.6. The molecule has 0 aliphatic heterocycles. The normalized spacial score (nSPS) is 10.5. The molecule has 0 spiro atoms. The summed E-state index contributed by atoms with van der Waals surface area (Å²) in [5.41, 5.74) is 2.91.